The van der Waals surface area contributed by atoms with E-state index in [1.54, 1.807) is 28.8 Å². The first-order valence-electron chi connectivity index (χ1n) is 9.96. The summed E-state index contributed by atoms with van der Waals surface area (Å²) in [7, 11) is 0. The van der Waals surface area contributed by atoms with E-state index in [0.717, 1.165) is 16.0 Å². The molecule has 0 fully saturated rings. The zero-order chi connectivity index (χ0) is 22.7. The molecule has 0 bridgehead atoms. The maximum atomic E-state index is 12.9. The van der Waals surface area contributed by atoms with Crippen LogP contribution in [0.5, 0.6) is 5.75 Å². The maximum absolute atomic E-state index is 12.9. The predicted molar refractivity (Wildman–Crippen MR) is 126 cm³/mol. The number of benzene rings is 2. The first-order chi connectivity index (χ1) is 14.7. The third kappa shape index (κ3) is 5.26. The minimum absolute atomic E-state index is 0.0712. The molecule has 2 N–H and O–H groups in total. The number of nitrogens with two attached hydrogens (primary N) is 1. The molecule has 0 saturated carbocycles. The average molecular weight is 460 g/mol. The van der Waals surface area contributed by atoms with Crippen molar-refractivity contribution in [2.75, 3.05) is 5.84 Å². The molecule has 0 radical (unpaired) electrons. The quantitative estimate of drug-likeness (QED) is 0.442. The Morgan fingerprint density at radius 2 is 1.68 bits per heavy atom. The van der Waals surface area contributed by atoms with Crippen LogP contribution in [-0.4, -0.2) is 19.9 Å². The van der Waals surface area contributed by atoms with E-state index in [1.807, 2.05) is 52.0 Å². The molecule has 0 atom stereocenters. The molecule has 164 valence electrons. The molecule has 3 rings (SSSR count). The van der Waals surface area contributed by atoms with Gasteiger partial charge in [-0.05, 0) is 81.9 Å². The van der Waals surface area contributed by atoms with Gasteiger partial charge in [0.1, 0.15) is 5.75 Å². The topological polar surface area (TPSA) is 79.5 Å². The molecule has 31 heavy (non-hydrogen) atoms. The van der Waals surface area contributed by atoms with E-state index in [0.29, 0.717) is 22.0 Å². The van der Waals surface area contributed by atoms with Crippen LogP contribution in [-0.2, 0) is 6.54 Å². The van der Waals surface area contributed by atoms with Crippen LogP contribution < -0.4 is 21.9 Å². The van der Waals surface area contributed by atoms with E-state index in [-0.39, 0.29) is 17.8 Å². The summed E-state index contributed by atoms with van der Waals surface area (Å²) in [5.41, 5.74) is 1.40. The fourth-order valence-electron chi connectivity index (χ4n) is 3.08. The largest absolute Gasteiger partial charge is 0.491 e. The second-order valence-corrected chi connectivity index (χ2v) is 8.49. The van der Waals surface area contributed by atoms with Crippen molar-refractivity contribution < 1.29 is 4.74 Å². The Kier molecular flexibility index (Phi) is 7.02. The summed E-state index contributed by atoms with van der Waals surface area (Å²) in [5, 5.41) is 0.641. The second-order valence-electron chi connectivity index (χ2n) is 7.68. The molecule has 3 aromatic rings. The fraction of sp³-hybridized carbons (Fsp3) is 0.318. The van der Waals surface area contributed by atoms with Crippen molar-refractivity contribution in [2.45, 2.75) is 46.4 Å². The van der Waals surface area contributed by atoms with Crippen molar-refractivity contribution in [2.24, 2.45) is 4.99 Å². The number of rotatable bonds is 6. The molecule has 7 nitrogen and oxygen atoms in total. The highest BCUT2D eigenvalue weighted by Crippen LogP contribution is 2.18. The standard InChI is InChI=1S/C22H26ClN5O2S/c1-14(2)27-21(29)28(24)20(25-18-9-11-19(12-10-18)30-15(3)4)26(22(27)31)13-16-5-7-17(23)8-6-16/h5-12,14-15H,13,24H2,1-4H3. The van der Waals surface area contributed by atoms with Gasteiger partial charge in [-0.25, -0.2) is 9.79 Å². The molecule has 1 heterocycles. The molecule has 0 aliphatic rings. The summed E-state index contributed by atoms with van der Waals surface area (Å²) < 4.78 is 10.3. The highest BCUT2D eigenvalue weighted by molar-refractivity contribution is 7.71. The van der Waals surface area contributed by atoms with Gasteiger partial charge in [0.25, 0.3) is 0 Å². The fourth-order valence-corrected chi connectivity index (χ4v) is 3.64. The Labute approximate surface area is 191 Å². The summed E-state index contributed by atoms with van der Waals surface area (Å²) in [4.78, 5) is 17.5. The zero-order valence-electron chi connectivity index (χ0n) is 17.9. The number of nitrogens with zero attached hydrogens (tertiary/aromatic N) is 4. The van der Waals surface area contributed by atoms with E-state index in [1.165, 1.54) is 4.57 Å². The lowest BCUT2D eigenvalue weighted by molar-refractivity contribution is 0.242. The molecule has 1 aromatic heterocycles. The van der Waals surface area contributed by atoms with Gasteiger partial charge in [-0.2, -0.15) is 4.68 Å². The smallest absolute Gasteiger partial charge is 0.352 e. The van der Waals surface area contributed by atoms with Gasteiger partial charge in [0.05, 0.1) is 18.3 Å². The highest BCUT2D eigenvalue weighted by Gasteiger charge is 2.13. The van der Waals surface area contributed by atoms with Gasteiger partial charge in [-0.15, -0.1) is 0 Å². The van der Waals surface area contributed by atoms with Crippen LogP contribution in [0.2, 0.25) is 5.02 Å². The van der Waals surface area contributed by atoms with E-state index >= 15 is 0 Å². The van der Waals surface area contributed by atoms with Crippen LogP contribution in [0.25, 0.3) is 0 Å². The van der Waals surface area contributed by atoms with E-state index in [4.69, 9.17) is 34.4 Å². The van der Waals surface area contributed by atoms with Gasteiger partial charge in [-0.3, -0.25) is 9.13 Å². The van der Waals surface area contributed by atoms with Crippen LogP contribution in [0.3, 0.4) is 0 Å². The first-order valence-corrected chi connectivity index (χ1v) is 10.8. The van der Waals surface area contributed by atoms with E-state index < -0.39 is 5.69 Å². The van der Waals surface area contributed by atoms with Crippen molar-refractivity contribution in [3.63, 3.8) is 0 Å². The average Bonchev–Trinajstić information content (AvgIpc) is 2.71. The van der Waals surface area contributed by atoms with Crippen LogP contribution >= 0.6 is 23.8 Å². The highest BCUT2D eigenvalue weighted by atomic mass is 35.5. The minimum atomic E-state index is -0.425. The van der Waals surface area contributed by atoms with Gasteiger partial charge in [0.15, 0.2) is 4.77 Å². The molecule has 0 aliphatic carbocycles. The third-order valence-corrected chi connectivity index (χ3v) is 5.18. The molecular formula is C22H26ClN5O2S. The predicted octanol–water partition coefficient (Wildman–Crippen LogP) is 4.20. The zero-order valence-corrected chi connectivity index (χ0v) is 19.5. The van der Waals surface area contributed by atoms with Gasteiger partial charge < -0.3 is 10.6 Å². The molecule has 2 aromatic carbocycles. The Bertz CT molecular complexity index is 1240. The number of aromatic nitrogens is 3. The minimum Gasteiger partial charge on any atom is -0.491 e. The molecular weight excluding hydrogens is 434 g/mol. The van der Waals surface area contributed by atoms with E-state index in [9.17, 15) is 4.79 Å². The number of hydrogen-bond donors (Lipinski definition) is 1. The monoisotopic (exact) mass is 459 g/mol. The Morgan fingerprint density at radius 1 is 1.06 bits per heavy atom. The Morgan fingerprint density at radius 3 is 2.23 bits per heavy atom. The van der Waals surface area contributed by atoms with Crippen molar-refractivity contribution in [1.29, 1.82) is 0 Å². The summed E-state index contributed by atoms with van der Waals surface area (Å²) >= 11 is 11.7. The number of halogens is 1. The number of ether oxygens (including phenoxy) is 1. The molecule has 0 spiro atoms. The second kappa shape index (κ2) is 9.53. The van der Waals surface area contributed by atoms with Crippen molar-refractivity contribution in [1.82, 2.24) is 13.8 Å². The van der Waals surface area contributed by atoms with Crippen LogP contribution in [0.4, 0.5) is 5.69 Å². The molecule has 0 aliphatic heterocycles. The van der Waals surface area contributed by atoms with Crippen LogP contribution in [0.1, 0.15) is 39.3 Å². The van der Waals surface area contributed by atoms with Crippen LogP contribution in [0, 0.1) is 4.77 Å². The van der Waals surface area contributed by atoms with Crippen molar-refractivity contribution in [3.05, 3.63) is 80.0 Å². The Hall–Kier alpha value is -2.84. The molecule has 0 unspecified atom stereocenters. The number of nitrogen functional groups attached to an aromatic ring is 1. The molecule has 0 amide bonds. The summed E-state index contributed by atoms with van der Waals surface area (Å²) in [6, 6.07) is 14.5. The summed E-state index contributed by atoms with van der Waals surface area (Å²) in [5.74, 6) is 6.93. The molecule has 0 saturated heterocycles. The summed E-state index contributed by atoms with van der Waals surface area (Å²) in [6.07, 6.45) is 0.0712. The summed E-state index contributed by atoms with van der Waals surface area (Å²) in [6.45, 7) is 8.07. The van der Waals surface area contributed by atoms with Crippen LogP contribution in [0.15, 0.2) is 58.3 Å². The first kappa shape index (κ1) is 22.8. The van der Waals surface area contributed by atoms with E-state index in [2.05, 4.69) is 4.99 Å². The lowest BCUT2D eigenvalue weighted by atomic mass is 10.2. The lowest BCUT2D eigenvalue weighted by Gasteiger charge is -2.18. The Balaban J connectivity index is 2.20. The normalized spacial score (nSPS) is 12.0. The SMILES string of the molecule is CC(C)Oc1ccc(N=c2n(N)c(=O)n(C(C)C)c(=S)n2Cc2ccc(Cl)cc2)cc1. The third-order valence-electron chi connectivity index (χ3n) is 4.51. The van der Waals surface area contributed by atoms with Crippen molar-refractivity contribution in [3.8, 4) is 5.75 Å². The lowest BCUT2D eigenvalue weighted by Crippen LogP contribution is -2.50. The van der Waals surface area contributed by atoms with Gasteiger partial charge >= 0.3 is 5.69 Å². The van der Waals surface area contributed by atoms with Crippen molar-refractivity contribution >= 4 is 29.5 Å². The van der Waals surface area contributed by atoms with Gasteiger partial charge in [-0.1, -0.05) is 23.7 Å². The van der Waals surface area contributed by atoms with Gasteiger partial charge in [0, 0.05) is 11.1 Å². The van der Waals surface area contributed by atoms with Gasteiger partial charge in [0.2, 0.25) is 5.62 Å². The molecule has 9 heteroatoms. The maximum Gasteiger partial charge on any atom is 0.352 e. The number of hydrogen-bond acceptors (Lipinski definition) is 5.